The van der Waals surface area contributed by atoms with Crippen LogP contribution in [0.25, 0.3) is 11.0 Å². The SMILES string of the molecule is Cc1ncnc2c1ccn2C1CCC(Cc2ncsc2CO)O1. The predicted octanol–water partition coefficient (Wildman–Crippen LogP) is 2.61. The second-order valence-electron chi connectivity index (χ2n) is 5.79. The van der Waals surface area contributed by atoms with Gasteiger partial charge in [-0.15, -0.1) is 11.3 Å². The van der Waals surface area contributed by atoms with Crippen LogP contribution in [0.5, 0.6) is 0 Å². The number of aromatic nitrogens is 4. The maximum Gasteiger partial charge on any atom is 0.145 e. The summed E-state index contributed by atoms with van der Waals surface area (Å²) in [6.45, 7) is 2.04. The number of ether oxygens (including phenoxy) is 1. The Hall–Kier alpha value is -1.83. The van der Waals surface area contributed by atoms with Crippen LogP contribution in [0.4, 0.5) is 0 Å². The third kappa shape index (κ3) is 2.65. The average Bonchev–Trinajstić information content (AvgIpc) is 3.26. The lowest BCUT2D eigenvalue weighted by atomic mass is 10.1. The summed E-state index contributed by atoms with van der Waals surface area (Å²) in [5.41, 5.74) is 4.65. The van der Waals surface area contributed by atoms with Crippen molar-refractivity contribution in [3.05, 3.63) is 40.4 Å². The Bertz CT molecular complexity index is 828. The smallest absolute Gasteiger partial charge is 0.145 e. The van der Waals surface area contributed by atoms with E-state index >= 15 is 0 Å². The van der Waals surface area contributed by atoms with Crippen molar-refractivity contribution in [2.75, 3.05) is 0 Å². The fourth-order valence-corrected chi connectivity index (χ4v) is 3.83. The van der Waals surface area contributed by atoms with Gasteiger partial charge in [0.1, 0.15) is 18.2 Å². The zero-order valence-corrected chi connectivity index (χ0v) is 13.7. The molecule has 1 saturated heterocycles. The van der Waals surface area contributed by atoms with E-state index in [0.717, 1.165) is 46.6 Å². The number of hydrogen-bond acceptors (Lipinski definition) is 6. The van der Waals surface area contributed by atoms with E-state index in [-0.39, 0.29) is 18.9 Å². The normalized spacial score (nSPS) is 21.3. The van der Waals surface area contributed by atoms with E-state index in [0.29, 0.717) is 0 Å². The first kappa shape index (κ1) is 14.7. The van der Waals surface area contributed by atoms with Crippen molar-refractivity contribution < 1.29 is 9.84 Å². The minimum absolute atomic E-state index is 0.00279. The van der Waals surface area contributed by atoms with Crippen LogP contribution in [0.2, 0.25) is 0 Å². The summed E-state index contributed by atoms with van der Waals surface area (Å²) in [5.74, 6) is 0. The standard InChI is InChI=1S/C16H18N4O2S/c1-10-12-4-5-20(16(12)18-8-17-10)15-3-2-11(22-15)6-13-14(7-21)23-9-19-13/h4-5,8-9,11,15,21H,2-3,6-7H2,1H3. The first-order valence-corrected chi connectivity index (χ1v) is 8.60. The minimum atomic E-state index is 0.00279. The van der Waals surface area contributed by atoms with E-state index in [1.165, 1.54) is 11.3 Å². The molecule has 0 saturated carbocycles. The molecule has 3 aromatic heterocycles. The third-order valence-corrected chi connectivity index (χ3v) is 5.25. The van der Waals surface area contributed by atoms with Crippen LogP contribution in [-0.4, -0.2) is 30.7 Å². The van der Waals surface area contributed by atoms with E-state index in [1.807, 2.05) is 19.2 Å². The van der Waals surface area contributed by atoms with Gasteiger partial charge in [-0.3, -0.25) is 0 Å². The molecule has 120 valence electrons. The molecule has 23 heavy (non-hydrogen) atoms. The van der Waals surface area contributed by atoms with Gasteiger partial charge in [0.2, 0.25) is 0 Å². The number of hydrogen-bond donors (Lipinski definition) is 1. The molecular formula is C16H18N4O2S. The van der Waals surface area contributed by atoms with Gasteiger partial charge >= 0.3 is 0 Å². The fourth-order valence-electron chi connectivity index (χ4n) is 3.18. The van der Waals surface area contributed by atoms with Crippen LogP contribution in [-0.2, 0) is 17.8 Å². The molecule has 2 atom stereocenters. The second kappa shape index (κ2) is 5.99. The van der Waals surface area contributed by atoms with E-state index < -0.39 is 0 Å². The summed E-state index contributed by atoms with van der Waals surface area (Å²) in [6.07, 6.45) is 6.46. The van der Waals surface area contributed by atoms with Gasteiger partial charge in [-0.2, -0.15) is 0 Å². The number of aliphatic hydroxyl groups is 1. The topological polar surface area (TPSA) is 73.1 Å². The van der Waals surface area contributed by atoms with Gasteiger partial charge in [-0.1, -0.05) is 0 Å². The molecule has 0 radical (unpaired) electrons. The van der Waals surface area contributed by atoms with Gasteiger partial charge in [0, 0.05) is 18.0 Å². The lowest BCUT2D eigenvalue weighted by Crippen LogP contribution is -2.14. The van der Waals surface area contributed by atoms with Crippen LogP contribution in [0.3, 0.4) is 0 Å². The van der Waals surface area contributed by atoms with Gasteiger partial charge in [0.05, 0.1) is 34.5 Å². The largest absolute Gasteiger partial charge is 0.391 e. The van der Waals surface area contributed by atoms with E-state index in [9.17, 15) is 5.11 Å². The van der Waals surface area contributed by atoms with Crippen LogP contribution < -0.4 is 0 Å². The number of thiazole rings is 1. The Kier molecular flexibility index (Phi) is 3.84. The quantitative estimate of drug-likeness (QED) is 0.796. The van der Waals surface area contributed by atoms with Crippen LogP contribution in [0.1, 0.15) is 35.3 Å². The minimum Gasteiger partial charge on any atom is -0.391 e. The number of rotatable bonds is 4. The molecule has 4 rings (SSSR count). The van der Waals surface area contributed by atoms with Crippen molar-refractivity contribution in [1.82, 2.24) is 19.5 Å². The summed E-state index contributed by atoms with van der Waals surface area (Å²) < 4.78 is 8.31. The number of aliphatic hydroxyl groups excluding tert-OH is 1. The van der Waals surface area contributed by atoms with Gasteiger partial charge in [0.15, 0.2) is 0 Å². The average molecular weight is 330 g/mol. The molecule has 1 aliphatic heterocycles. The number of nitrogens with zero attached hydrogens (tertiary/aromatic N) is 4. The molecule has 2 unspecified atom stereocenters. The van der Waals surface area contributed by atoms with Crippen molar-refractivity contribution in [3.63, 3.8) is 0 Å². The highest BCUT2D eigenvalue weighted by atomic mass is 32.1. The Labute approximate surface area is 137 Å². The highest BCUT2D eigenvalue weighted by Crippen LogP contribution is 2.33. The van der Waals surface area contributed by atoms with Crippen molar-refractivity contribution in [1.29, 1.82) is 0 Å². The monoisotopic (exact) mass is 330 g/mol. The highest BCUT2D eigenvalue weighted by molar-refractivity contribution is 7.09. The molecule has 0 aliphatic carbocycles. The van der Waals surface area contributed by atoms with Crippen LogP contribution in [0.15, 0.2) is 24.1 Å². The zero-order chi connectivity index (χ0) is 15.8. The molecule has 6 nitrogen and oxygen atoms in total. The molecule has 1 fully saturated rings. The Balaban J connectivity index is 1.52. The first-order chi connectivity index (χ1) is 11.3. The van der Waals surface area contributed by atoms with Crippen molar-refractivity contribution in [2.45, 2.75) is 45.1 Å². The molecule has 4 heterocycles. The van der Waals surface area contributed by atoms with E-state index in [4.69, 9.17) is 4.74 Å². The summed E-state index contributed by atoms with van der Waals surface area (Å²) >= 11 is 1.50. The Morgan fingerprint density at radius 1 is 1.35 bits per heavy atom. The molecular weight excluding hydrogens is 312 g/mol. The molecule has 1 aliphatic rings. The van der Waals surface area contributed by atoms with Gasteiger partial charge in [-0.25, -0.2) is 15.0 Å². The summed E-state index contributed by atoms with van der Waals surface area (Å²) in [4.78, 5) is 13.9. The molecule has 0 aromatic carbocycles. The van der Waals surface area contributed by atoms with E-state index in [1.54, 1.807) is 11.8 Å². The summed E-state index contributed by atoms with van der Waals surface area (Å²) in [6, 6.07) is 2.05. The lowest BCUT2D eigenvalue weighted by Gasteiger charge is -2.15. The van der Waals surface area contributed by atoms with Gasteiger partial charge in [0.25, 0.3) is 0 Å². The second-order valence-corrected chi connectivity index (χ2v) is 6.73. The van der Waals surface area contributed by atoms with Crippen LogP contribution in [0, 0.1) is 6.92 Å². The highest BCUT2D eigenvalue weighted by Gasteiger charge is 2.28. The molecule has 0 bridgehead atoms. The van der Waals surface area contributed by atoms with Gasteiger partial charge < -0.3 is 14.4 Å². The Morgan fingerprint density at radius 2 is 2.26 bits per heavy atom. The summed E-state index contributed by atoms with van der Waals surface area (Å²) in [7, 11) is 0. The molecule has 7 heteroatoms. The molecule has 0 spiro atoms. The first-order valence-electron chi connectivity index (χ1n) is 7.72. The maximum atomic E-state index is 9.34. The fraction of sp³-hybridized carbons (Fsp3) is 0.438. The van der Waals surface area contributed by atoms with Gasteiger partial charge in [-0.05, 0) is 25.8 Å². The van der Waals surface area contributed by atoms with E-state index in [2.05, 4.69) is 19.5 Å². The number of aryl methyl sites for hydroxylation is 1. The maximum absolute atomic E-state index is 9.34. The lowest BCUT2D eigenvalue weighted by molar-refractivity contribution is 0.00455. The molecule has 1 N–H and O–H groups in total. The third-order valence-electron chi connectivity index (χ3n) is 4.39. The van der Waals surface area contributed by atoms with Crippen molar-refractivity contribution >= 4 is 22.4 Å². The van der Waals surface area contributed by atoms with Crippen molar-refractivity contribution in [2.24, 2.45) is 0 Å². The Morgan fingerprint density at radius 3 is 3.13 bits per heavy atom. The summed E-state index contributed by atoms with van der Waals surface area (Å²) in [5, 5.41) is 10.4. The van der Waals surface area contributed by atoms with Crippen LogP contribution >= 0.6 is 11.3 Å². The number of fused-ring (bicyclic) bond motifs is 1. The predicted molar refractivity (Wildman–Crippen MR) is 87.1 cm³/mol. The molecule has 0 amide bonds. The molecule has 3 aromatic rings. The van der Waals surface area contributed by atoms with Crippen molar-refractivity contribution in [3.8, 4) is 0 Å². The zero-order valence-electron chi connectivity index (χ0n) is 12.8.